The van der Waals surface area contributed by atoms with E-state index in [1.807, 2.05) is 26.0 Å². The highest BCUT2D eigenvalue weighted by atomic mass is 35.5. The summed E-state index contributed by atoms with van der Waals surface area (Å²) in [5, 5.41) is 2.92. The van der Waals surface area contributed by atoms with Crippen molar-refractivity contribution in [2.75, 3.05) is 6.54 Å². The van der Waals surface area contributed by atoms with Crippen LogP contribution in [0.3, 0.4) is 0 Å². The van der Waals surface area contributed by atoms with Gasteiger partial charge in [0.05, 0.1) is 4.34 Å². The summed E-state index contributed by atoms with van der Waals surface area (Å²) in [7, 11) is 0. The number of hydrogen-bond acceptors (Lipinski definition) is 2. The number of rotatable bonds is 5. The van der Waals surface area contributed by atoms with Gasteiger partial charge in [0, 0.05) is 17.3 Å². The first-order valence-corrected chi connectivity index (χ1v) is 6.34. The Hall–Kier alpha value is -0.540. The number of amides is 1. The van der Waals surface area contributed by atoms with Crippen molar-refractivity contribution in [2.45, 2.75) is 26.7 Å². The van der Waals surface area contributed by atoms with E-state index in [0.717, 1.165) is 17.2 Å². The number of carbonyl (C=O) groups excluding carboxylic acids is 1. The Kier molecular flexibility index (Phi) is 5.12. The molecule has 1 rings (SSSR count). The Bertz CT molecular complexity index is 324. The summed E-state index contributed by atoms with van der Waals surface area (Å²) in [6.07, 6.45) is 1.75. The van der Waals surface area contributed by atoms with Crippen molar-refractivity contribution in [3.05, 3.63) is 21.3 Å². The molecular formula is C11H16ClNOS. The lowest BCUT2D eigenvalue weighted by molar-refractivity contribution is -0.124. The van der Waals surface area contributed by atoms with Crippen molar-refractivity contribution >= 4 is 28.8 Å². The fourth-order valence-corrected chi connectivity index (χ4v) is 2.24. The standard InChI is InChI=1S/C11H16ClNOS/c1-3-8(2)11(14)13-7-6-9-4-5-10(12)15-9/h4-5,8H,3,6-7H2,1-2H3,(H,13,14)/t8-/m1/s1. The number of halogens is 1. The average molecular weight is 246 g/mol. The van der Waals surface area contributed by atoms with Crippen molar-refractivity contribution in [2.24, 2.45) is 5.92 Å². The summed E-state index contributed by atoms with van der Waals surface area (Å²) in [6.45, 7) is 4.65. The van der Waals surface area contributed by atoms with Gasteiger partial charge >= 0.3 is 0 Å². The first kappa shape index (κ1) is 12.5. The molecule has 0 aliphatic carbocycles. The minimum Gasteiger partial charge on any atom is -0.356 e. The third-order valence-electron chi connectivity index (χ3n) is 2.36. The van der Waals surface area contributed by atoms with Crippen LogP contribution in [0, 0.1) is 5.92 Å². The molecule has 1 heterocycles. The largest absolute Gasteiger partial charge is 0.356 e. The molecule has 2 nitrogen and oxygen atoms in total. The summed E-state index contributed by atoms with van der Waals surface area (Å²) in [4.78, 5) is 12.6. The topological polar surface area (TPSA) is 29.1 Å². The van der Waals surface area contributed by atoms with Crippen LogP contribution >= 0.6 is 22.9 Å². The zero-order valence-corrected chi connectivity index (χ0v) is 10.6. The highest BCUT2D eigenvalue weighted by Crippen LogP contribution is 2.21. The normalized spacial score (nSPS) is 12.5. The van der Waals surface area contributed by atoms with Gasteiger partial charge in [0.1, 0.15) is 0 Å². The van der Waals surface area contributed by atoms with E-state index < -0.39 is 0 Å². The molecule has 1 amide bonds. The van der Waals surface area contributed by atoms with Crippen molar-refractivity contribution in [3.8, 4) is 0 Å². The van der Waals surface area contributed by atoms with E-state index in [0.29, 0.717) is 6.54 Å². The first-order valence-electron chi connectivity index (χ1n) is 5.15. The molecule has 0 saturated heterocycles. The summed E-state index contributed by atoms with van der Waals surface area (Å²) in [5.74, 6) is 0.247. The van der Waals surface area contributed by atoms with Gasteiger partial charge in [0.25, 0.3) is 0 Å². The fraction of sp³-hybridized carbons (Fsp3) is 0.545. The maximum Gasteiger partial charge on any atom is 0.222 e. The molecule has 1 atom stereocenters. The molecule has 0 aromatic carbocycles. The molecule has 0 aliphatic heterocycles. The highest BCUT2D eigenvalue weighted by molar-refractivity contribution is 7.16. The molecule has 0 fully saturated rings. The quantitative estimate of drug-likeness (QED) is 0.849. The molecule has 15 heavy (non-hydrogen) atoms. The van der Waals surface area contributed by atoms with Crippen LogP contribution in [0.5, 0.6) is 0 Å². The van der Waals surface area contributed by atoms with Crippen molar-refractivity contribution in [1.29, 1.82) is 0 Å². The van der Waals surface area contributed by atoms with Gasteiger partial charge in [-0.1, -0.05) is 25.4 Å². The maximum absolute atomic E-state index is 11.4. The first-order chi connectivity index (χ1) is 7.13. The summed E-state index contributed by atoms with van der Waals surface area (Å²) in [5.41, 5.74) is 0. The van der Waals surface area contributed by atoms with Crippen LogP contribution in [0.4, 0.5) is 0 Å². The highest BCUT2D eigenvalue weighted by Gasteiger charge is 2.09. The van der Waals surface area contributed by atoms with E-state index in [-0.39, 0.29) is 11.8 Å². The average Bonchev–Trinajstić information content (AvgIpc) is 2.63. The summed E-state index contributed by atoms with van der Waals surface area (Å²) >= 11 is 7.37. The molecule has 84 valence electrons. The second-order valence-corrected chi connectivity index (χ2v) is 5.36. The lowest BCUT2D eigenvalue weighted by Crippen LogP contribution is -2.30. The van der Waals surface area contributed by atoms with Crippen LogP contribution in [-0.2, 0) is 11.2 Å². The van der Waals surface area contributed by atoms with Gasteiger partial charge in [-0.05, 0) is 25.0 Å². The lowest BCUT2D eigenvalue weighted by Gasteiger charge is -2.08. The predicted molar refractivity (Wildman–Crippen MR) is 65.5 cm³/mol. The lowest BCUT2D eigenvalue weighted by atomic mass is 10.1. The molecule has 0 aliphatic rings. The van der Waals surface area contributed by atoms with Crippen LogP contribution in [0.1, 0.15) is 25.1 Å². The third-order valence-corrected chi connectivity index (χ3v) is 3.65. The molecule has 0 spiro atoms. The van der Waals surface area contributed by atoms with Crippen molar-refractivity contribution in [1.82, 2.24) is 5.32 Å². The predicted octanol–water partition coefficient (Wildman–Crippen LogP) is 3.11. The minimum absolute atomic E-state index is 0.108. The number of carbonyl (C=O) groups is 1. The zero-order chi connectivity index (χ0) is 11.3. The van der Waals surface area contributed by atoms with Crippen LogP contribution in [0.15, 0.2) is 12.1 Å². The van der Waals surface area contributed by atoms with Crippen molar-refractivity contribution in [3.63, 3.8) is 0 Å². The van der Waals surface area contributed by atoms with Gasteiger partial charge in [0.2, 0.25) is 5.91 Å². The van der Waals surface area contributed by atoms with E-state index in [1.165, 1.54) is 4.88 Å². The minimum atomic E-state index is 0.108. The third kappa shape index (κ3) is 4.22. The summed E-state index contributed by atoms with van der Waals surface area (Å²) < 4.78 is 0.804. The Morgan fingerprint density at radius 1 is 1.60 bits per heavy atom. The Morgan fingerprint density at radius 3 is 2.87 bits per heavy atom. The molecule has 0 radical (unpaired) electrons. The molecule has 1 aromatic rings. The molecule has 0 unspecified atom stereocenters. The Labute approximate surface area is 99.6 Å². The monoisotopic (exact) mass is 245 g/mol. The number of hydrogen-bond donors (Lipinski definition) is 1. The smallest absolute Gasteiger partial charge is 0.222 e. The summed E-state index contributed by atoms with van der Waals surface area (Å²) in [6, 6.07) is 3.89. The van der Waals surface area contributed by atoms with Crippen LogP contribution < -0.4 is 5.32 Å². The number of thiophene rings is 1. The van der Waals surface area contributed by atoms with Gasteiger partial charge < -0.3 is 5.32 Å². The second-order valence-electron chi connectivity index (χ2n) is 3.56. The van der Waals surface area contributed by atoms with E-state index in [2.05, 4.69) is 5.32 Å². The van der Waals surface area contributed by atoms with Crippen LogP contribution in [0.25, 0.3) is 0 Å². The van der Waals surface area contributed by atoms with Gasteiger partial charge in [-0.25, -0.2) is 0 Å². The SMILES string of the molecule is CC[C@@H](C)C(=O)NCCc1ccc(Cl)s1. The molecule has 0 saturated carbocycles. The molecule has 1 aromatic heterocycles. The molecule has 4 heteroatoms. The van der Waals surface area contributed by atoms with Gasteiger partial charge in [0.15, 0.2) is 0 Å². The van der Waals surface area contributed by atoms with E-state index in [1.54, 1.807) is 11.3 Å². The molecule has 0 bridgehead atoms. The Balaban J connectivity index is 2.24. The maximum atomic E-state index is 11.4. The van der Waals surface area contributed by atoms with Gasteiger partial charge in [-0.2, -0.15) is 0 Å². The van der Waals surface area contributed by atoms with E-state index in [9.17, 15) is 4.79 Å². The van der Waals surface area contributed by atoms with Crippen molar-refractivity contribution < 1.29 is 4.79 Å². The zero-order valence-electron chi connectivity index (χ0n) is 9.05. The van der Waals surface area contributed by atoms with Gasteiger partial charge in [-0.3, -0.25) is 4.79 Å². The van der Waals surface area contributed by atoms with Gasteiger partial charge in [-0.15, -0.1) is 11.3 Å². The van der Waals surface area contributed by atoms with Crippen LogP contribution in [-0.4, -0.2) is 12.5 Å². The molecule has 1 N–H and O–H groups in total. The van der Waals surface area contributed by atoms with Crippen LogP contribution in [0.2, 0.25) is 4.34 Å². The van der Waals surface area contributed by atoms with E-state index in [4.69, 9.17) is 11.6 Å². The molecular weight excluding hydrogens is 230 g/mol. The Morgan fingerprint density at radius 2 is 2.33 bits per heavy atom. The number of nitrogens with one attached hydrogen (secondary N) is 1. The van der Waals surface area contributed by atoms with E-state index >= 15 is 0 Å². The second kappa shape index (κ2) is 6.13. The fourth-order valence-electron chi connectivity index (χ4n) is 1.15.